The van der Waals surface area contributed by atoms with Gasteiger partial charge in [0.1, 0.15) is 6.04 Å². The van der Waals surface area contributed by atoms with Crippen molar-refractivity contribution in [3.8, 4) is 0 Å². The van der Waals surface area contributed by atoms with Crippen molar-refractivity contribution in [2.75, 3.05) is 41.4 Å². The SMILES string of the molecule is CNCC(C(=O)OC)N(C)CC(=O)OC. The van der Waals surface area contributed by atoms with E-state index in [-0.39, 0.29) is 18.5 Å². The molecule has 0 rings (SSSR count). The Morgan fingerprint density at radius 1 is 1.33 bits per heavy atom. The first kappa shape index (κ1) is 13.9. The molecule has 0 aliphatic carbocycles. The van der Waals surface area contributed by atoms with Crippen LogP contribution in [0.5, 0.6) is 0 Å². The number of carbonyl (C=O) groups is 2. The highest BCUT2D eigenvalue weighted by Crippen LogP contribution is 1.98. The van der Waals surface area contributed by atoms with E-state index in [1.54, 1.807) is 19.0 Å². The Hall–Kier alpha value is -1.14. The largest absolute Gasteiger partial charge is 0.468 e. The number of likely N-dealkylation sites (N-methyl/N-ethyl adjacent to an activating group) is 2. The van der Waals surface area contributed by atoms with Gasteiger partial charge < -0.3 is 14.8 Å². The average molecular weight is 218 g/mol. The summed E-state index contributed by atoms with van der Waals surface area (Å²) in [5, 5.41) is 2.86. The van der Waals surface area contributed by atoms with E-state index >= 15 is 0 Å². The minimum absolute atomic E-state index is 0.0535. The van der Waals surface area contributed by atoms with Gasteiger partial charge in [0.05, 0.1) is 20.8 Å². The summed E-state index contributed by atoms with van der Waals surface area (Å²) < 4.78 is 9.14. The van der Waals surface area contributed by atoms with E-state index in [4.69, 9.17) is 0 Å². The first-order chi connectivity index (χ1) is 7.06. The topological polar surface area (TPSA) is 67.9 Å². The Kier molecular flexibility index (Phi) is 6.64. The van der Waals surface area contributed by atoms with Gasteiger partial charge in [-0.3, -0.25) is 14.5 Å². The van der Waals surface area contributed by atoms with Crippen LogP contribution in [0, 0.1) is 0 Å². The molecule has 0 saturated carbocycles. The van der Waals surface area contributed by atoms with Gasteiger partial charge in [0, 0.05) is 6.54 Å². The third-order valence-electron chi connectivity index (χ3n) is 2.01. The molecule has 1 atom stereocenters. The van der Waals surface area contributed by atoms with Crippen molar-refractivity contribution < 1.29 is 19.1 Å². The first-order valence-corrected chi connectivity index (χ1v) is 4.56. The first-order valence-electron chi connectivity index (χ1n) is 4.56. The summed E-state index contributed by atoms with van der Waals surface area (Å²) >= 11 is 0. The maximum atomic E-state index is 11.4. The number of hydrogen-bond donors (Lipinski definition) is 1. The molecule has 0 spiro atoms. The van der Waals surface area contributed by atoms with Crippen LogP contribution in [0.3, 0.4) is 0 Å². The highest BCUT2D eigenvalue weighted by Gasteiger charge is 2.24. The highest BCUT2D eigenvalue weighted by atomic mass is 16.5. The molecular formula is C9H18N2O4. The van der Waals surface area contributed by atoms with Crippen molar-refractivity contribution in [2.45, 2.75) is 6.04 Å². The standard InChI is InChI=1S/C9H18N2O4/c1-10-5-7(9(13)15-4)11(2)6-8(12)14-3/h7,10H,5-6H2,1-4H3. The maximum absolute atomic E-state index is 11.4. The number of esters is 2. The van der Waals surface area contributed by atoms with Crippen LogP contribution in [-0.2, 0) is 19.1 Å². The summed E-state index contributed by atoms with van der Waals surface area (Å²) in [6.45, 7) is 0.470. The van der Waals surface area contributed by atoms with Crippen molar-refractivity contribution in [1.82, 2.24) is 10.2 Å². The Bertz CT molecular complexity index is 220. The van der Waals surface area contributed by atoms with E-state index < -0.39 is 6.04 Å². The second-order valence-electron chi connectivity index (χ2n) is 3.09. The average Bonchev–Trinajstić information content (AvgIpc) is 2.24. The molecule has 0 aromatic heterocycles. The van der Waals surface area contributed by atoms with Crippen LogP contribution in [-0.4, -0.2) is 64.3 Å². The molecule has 0 amide bonds. The molecule has 1 N–H and O–H groups in total. The summed E-state index contributed by atoms with van der Waals surface area (Å²) in [5.74, 6) is -0.766. The fraction of sp³-hybridized carbons (Fsp3) is 0.778. The van der Waals surface area contributed by atoms with Gasteiger partial charge in [0.25, 0.3) is 0 Å². The molecule has 0 fully saturated rings. The second kappa shape index (κ2) is 7.19. The fourth-order valence-corrected chi connectivity index (χ4v) is 1.13. The van der Waals surface area contributed by atoms with Crippen molar-refractivity contribution >= 4 is 11.9 Å². The van der Waals surface area contributed by atoms with Crippen molar-refractivity contribution in [3.63, 3.8) is 0 Å². The van der Waals surface area contributed by atoms with Gasteiger partial charge in [-0.15, -0.1) is 0 Å². The maximum Gasteiger partial charge on any atom is 0.324 e. The summed E-state index contributed by atoms with van der Waals surface area (Å²) in [5.41, 5.74) is 0. The normalized spacial score (nSPS) is 12.3. The molecule has 0 radical (unpaired) electrons. The molecular weight excluding hydrogens is 200 g/mol. The molecule has 1 unspecified atom stereocenters. The number of methoxy groups -OCH3 is 2. The predicted molar refractivity (Wildman–Crippen MR) is 54.4 cm³/mol. The Balaban J connectivity index is 4.34. The van der Waals surface area contributed by atoms with Gasteiger partial charge in [-0.05, 0) is 14.1 Å². The van der Waals surface area contributed by atoms with Gasteiger partial charge in [-0.1, -0.05) is 0 Å². The summed E-state index contributed by atoms with van der Waals surface area (Å²) in [4.78, 5) is 23.9. The Morgan fingerprint density at radius 3 is 2.33 bits per heavy atom. The van der Waals surface area contributed by atoms with Crippen LogP contribution in [0.25, 0.3) is 0 Å². The molecule has 0 aromatic rings. The van der Waals surface area contributed by atoms with Gasteiger partial charge in [0.15, 0.2) is 0 Å². The molecule has 0 heterocycles. The lowest BCUT2D eigenvalue weighted by atomic mass is 10.2. The number of carbonyl (C=O) groups excluding carboxylic acids is 2. The molecule has 0 saturated heterocycles. The molecule has 0 aliphatic heterocycles. The molecule has 0 aromatic carbocycles. The van der Waals surface area contributed by atoms with Crippen molar-refractivity contribution in [3.05, 3.63) is 0 Å². The third kappa shape index (κ3) is 4.75. The lowest BCUT2D eigenvalue weighted by Crippen LogP contribution is -2.47. The number of nitrogens with one attached hydrogen (secondary N) is 1. The van der Waals surface area contributed by atoms with E-state index in [1.165, 1.54) is 14.2 Å². The molecule has 88 valence electrons. The molecule has 0 bridgehead atoms. The van der Waals surface area contributed by atoms with Crippen LogP contribution in [0.2, 0.25) is 0 Å². The fourth-order valence-electron chi connectivity index (χ4n) is 1.13. The molecule has 6 heteroatoms. The van der Waals surface area contributed by atoms with Crippen LogP contribution < -0.4 is 5.32 Å². The minimum atomic E-state index is -0.487. The summed E-state index contributed by atoms with van der Waals surface area (Å²) in [7, 11) is 6.01. The van der Waals surface area contributed by atoms with Gasteiger partial charge in [-0.2, -0.15) is 0 Å². The highest BCUT2D eigenvalue weighted by molar-refractivity contribution is 5.77. The minimum Gasteiger partial charge on any atom is -0.468 e. The Labute approximate surface area is 89.5 Å². The van der Waals surface area contributed by atoms with Crippen molar-refractivity contribution in [2.24, 2.45) is 0 Å². The van der Waals surface area contributed by atoms with Crippen LogP contribution in [0.4, 0.5) is 0 Å². The van der Waals surface area contributed by atoms with Crippen LogP contribution >= 0.6 is 0 Å². The zero-order chi connectivity index (χ0) is 11.8. The molecule has 0 aliphatic rings. The number of ether oxygens (including phenoxy) is 2. The second-order valence-corrected chi connectivity index (χ2v) is 3.09. The lowest BCUT2D eigenvalue weighted by Gasteiger charge is -2.24. The number of rotatable bonds is 6. The van der Waals surface area contributed by atoms with E-state index in [2.05, 4.69) is 14.8 Å². The lowest BCUT2D eigenvalue weighted by molar-refractivity contribution is -0.149. The quantitative estimate of drug-likeness (QED) is 0.568. The third-order valence-corrected chi connectivity index (χ3v) is 2.01. The number of hydrogen-bond acceptors (Lipinski definition) is 6. The van der Waals surface area contributed by atoms with E-state index in [9.17, 15) is 9.59 Å². The number of nitrogens with zero attached hydrogens (tertiary/aromatic N) is 1. The van der Waals surface area contributed by atoms with E-state index in [0.29, 0.717) is 6.54 Å². The van der Waals surface area contributed by atoms with Gasteiger partial charge in [-0.25, -0.2) is 0 Å². The predicted octanol–water partition coefficient (Wildman–Crippen LogP) is -1.15. The van der Waals surface area contributed by atoms with Crippen LogP contribution in [0.15, 0.2) is 0 Å². The zero-order valence-electron chi connectivity index (χ0n) is 9.57. The van der Waals surface area contributed by atoms with Gasteiger partial charge >= 0.3 is 11.9 Å². The van der Waals surface area contributed by atoms with E-state index in [1.807, 2.05) is 0 Å². The smallest absolute Gasteiger partial charge is 0.324 e. The summed E-state index contributed by atoms with van der Waals surface area (Å²) in [6, 6.07) is -0.487. The summed E-state index contributed by atoms with van der Waals surface area (Å²) in [6.07, 6.45) is 0. The van der Waals surface area contributed by atoms with Crippen molar-refractivity contribution in [1.29, 1.82) is 0 Å². The zero-order valence-corrected chi connectivity index (χ0v) is 9.57. The van der Waals surface area contributed by atoms with E-state index in [0.717, 1.165) is 0 Å². The van der Waals surface area contributed by atoms with Gasteiger partial charge in [0.2, 0.25) is 0 Å². The monoisotopic (exact) mass is 218 g/mol. The van der Waals surface area contributed by atoms with Crippen LogP contribution in [0.1, 0.15) is 0 Å². The molecule has 6 nitrogen and oxygen atoms in total. The Morgan fingerprint density at radius 2 is 1.93 bits per heavy atom. The molecule has 15 heavy (non-hydrogen) atoms.